The molecule has 0 spiro atoms. The lowest BCUT2D eigenvalue weighted by Gasteiger charge is -2.14. The highest BCUT2D eigenvalue weighted by molar-refractivity contribution is 9.10. The summed E-state index contributed by atoms with van der Waals surface area (Å²) < 4.78 is 34.3. The molecule has 0 unspecified atom stereocenters. The van der Waals surface area contributed by atoms with Gasteiger partial charge in [-0.25, -0.2) is 8.42 Å². The van der Waals surface area contributed by atoms with Gasteiger partial charge in [-0.1, -0.05) is 45.7 Å². The largest absolute Gasteiger partial charge is 0.455 e. The molecule has 0 fully saturated rings. The van der Waals surface area contributed by atoms with Crippen LogP contribution in [0.2, 0.25) is 5.02 Å². The number of para-hydroxylation sites is 1. The molecule has 128 valence electrons. The monoisotopic (exact) mass is 437 g/mol. The number of benzene rings is 3. The molecule has 0 radical (unpaired) electrons. The first-order valence-corrected chi connectivity index (χ1v) is 9.90. The van der Waals surface area contributed by atoms with Crippen molar-refractivity contribution >= 4 is 43.2 Å². The quantitative estimate of drug-likeness (QED) is 0.556. The van der Waals surface area contributed by atoms with Crippen LogP contribution in [0.3, 0.4) is 0 Å². The molecule has 0 amide bonds. The van der Waals surface area contributed by atoms with Gasteiger partial charge in [0.15, 0.2) is 5.75 Å². The molecule has 0 atom stereocenters. The van der Waals surface area contributed by atoms with E-state index in [-0.39, 0.29) is 10.6 Å². The van der Waals surface area contributed by atoms with Gasteiger partial charge in [-0.2, -0.15) is 0 Å². The fourth-order valence-electron chi connectivity index (χ4n) is 2.10. The van der Waals surface area contributed by atoms with Crippen molar-refractivity contribution in [2.75, 3.05) is 4.72 Å². The second-order valence-corrected chi connectivity index (χ2v) is 8.15. The van der Waals surface area contributed by atoms with Crippen LogP contribution in [-0.2, 0) is 10.0 Å². The lowest BCUT2D eigenvalue weighted by Crippen LogP contribution is -2.13. The average Bonchev–Trinajstić information content (AvgIpc) is 2.58. The minimum absolute atomic E-state index is 0.140. The summed E-state index contributed by atoms with van der Waals surface area (Å²) in [7, 11) is -3.77. The Bertz CT molecular complexity index is 977. The zero-order valence-electron chi connectivity index (χ0n) is 12.8. The van der Waals surface area contributed by atoms with Gasteiger partial charge in [-0.05, 0) is 54.6 Å². The standard InChI is InChI=1S/C18H13BrClNO3S/c19-13-6-9-16(10-7-13)25(22,23)21-17-12-14(20)8-11-18(17)24-15-4-2-1-3-5-15/h1-12,21H. The highest BCUT2D eigenvalue weighted by Crippen LogP contribution is 2.33. The van der Waals surface area contributed by atoms with E-state index in [1.807, 2.05) is 18.2 Å². The molecule has 3 rings (SSSR count). The van der Waals surface area contributed by atoms with Crippen LogP contribution in [0.4, 0.5) is 5.69 Å². The van der Waals surface area contributed by atoms with Gasteiger partial charge >= 0.3 is 0 Å². The van der Waals surface area contributed by atoms with E-state index in [4.69, 9.17) is 16.3 Å². The molecule has 0 aromatic heterocycles. The Labute approximate surface area is 159 Å². The zero-order chi connectivity index (χ0) is 17.9. The summed E-state index contributed by atoms with van der Waals surface area (Å²) in [5, 5.41) is 0.397. The van der Waals surface area contributed by atoms with Gasteiger partial charge in [-0.15, -0.1) is 0 Å². The molecular weight excluding hydrogens is 426 g/mol. The predicted octanol–water partition coefficient (Wildman–Crippen LogP) is 5.70. The van der Waals surface area contributed by atoms with Crippen molar-refractivity contribution in [3.63, 3.8) is 0 Å². The number of sulfonamides is 1. The van der Waals surface area contributed by atoms with E-state index in [9.17, 15) is 8.42 Å². The predicted molar refractivity (Wildman–Crippen MR) is 103 cm³/mol. The first kappa shape index (κ1) is 17.8. The number of hydrogen-bond acceptors (Lipinski definition) is 3. The number of ether oxygens (including phenoxy) is 1. The van der Waals surface area contributed by atoms with E-state index < -0.39 is 10.0 Å². The Kier molecular flexibility index (Phi) is 5.32. The molecule has 4 nitrogen and oxygen atoms in total. The SMILES string of the molecule is O=S(=O)(Nc1cc(Cl)ccc1Oc1ccccc1)c1ccc(Br)cc1. The number of hydrogen-bond donors (Lipinski definition) is 1. The van der Waals surface area contributed by atoms with Crippen molar-refractivity contribution in [1.29, 1.82) is 0 Å². The van der Waals surface area contributed by atoms with Crippen LogP contribution in [0.5, 0.6) is 11.5 Å². The van der Waals surface area contributed by atoms with Gasteiger partial charge in [-0.3, -0.25) is 4.72 Å². The Hall–Kier alpha value is -2.02. The third kappa shape index (κ3) is 4.54. The maximum absolute atomic E-state index is 12.6. The van der Waals surface area contributed by atoms with Crippen LogP contribution in [0.25, 0.3) is 0 Å². The van der Waals surface area contributed by atoms with E-state index in [1.54, 1.807) is 36.4 Å². The first-order chi connectivity index (χ1) is 11.9. The third-order valence-electron chi connectivity index (χ3n) is 3.28. The van der Waals surface area contributed by atoms with Crippen LogP contribution in [-0.4, -0.2) is 8.42 Å². The van der Waals surface area contributed by atoms with Gasteiger partial charge < -0.3 is 4.74 Å². The van der Waals surface area contributed by atoms with Gasteiger partial charge in [0, 0.05) is 9.50 Å². The van der Waals surface area contributed by atoms with Crippen molar-refractivity contribution < 1.29 is 13.2 Å². The highest BCUT2D eigenvalue weighted by Gasteiger charge is 2.17. The molecule has 0 aliphatic heterocycles. The van der Waals surface area contributed by atoms with E-state index in [0.29, 0.717) is 16.5 Å². The van der Waals surface area contributed by atoms with Crippen LogP contribution in [0.15, 0.2) is 82.2 Å². The molecule has 0 aliphatic carbocycles. The summed E-state index contributed by atoms with van der Waals surface area (Å²) >= 11 is 9.30. The molecule has 3 aromatic carbocycles. The summed E-state index contributed by atoms with van der Waals surface area (Å²) in [6, 6.07) is 20.2. The molecule has 0 heterocycles. The van der Waals surface area contributed by atoms with Gasteiger partial charge in [0.25, 0.3) is 10.0 Å². The highest BCUT2D eigenvalue weighted by atomic mass is 79.9. The fraction of sp³-hybridized carbons (Fsp3) is 0. The second kappa shape index (κ2) is 7.47. The zero-order valence-corrected chi connectivity index (χ0v) is 16.0. The average molecular weight is 439 g/mol. The number of anilines is 1. The summed E-state index contributed by atoms with van der Waals surface area (Å²) in [6.07, 6.45) is 0. The van der Waals surface area contributed by atoms with Gasteiger partial charge in [0.05, 0.1) is 10.6 Å². The molecular formula is C18H13BrClNO3S. The molecule has 0 aliphatic rings. The molecule has 7 heteroatoms. The fourth-order valence-corrected chi connectivity index (χ4v) is 3.60. The van der Waals surface area contributed by atoms with E-state index >= 15 is 0 Å². The molecule has 1 N–H and O–H groups in total. The van der Waals surface area contributed by atoms with Crippen LogP contribution in [0.1, 0.15) is 0 Å². The van der Waals surface area contributed by atoms with Crippen LogP contribution < -0.4 is 9.46 Å². The topological polar surface area (TPSA) is 55.4 Å². The lowest BCUT2D eigenvalue weighted by molar-refractivity contribution is 0.485. The second-order valence-electron chi connectivity index (χ2n) is 5.12. The van der Waals surface area contributed by atoms with Crippen LogP contribution >= 0.6 is 27.5 Å². The molecule has 0 bridgehead atoms. The Morgan fingerprint density at radius 2 is 1.60 bits per heavy atom. The van der Waals surface area contributed by atoms with Crippen molar-refractivity contribution in [1.82, 2.24) is 0 Å². The van der Waals surface area contributed by atoms with Crippen LogP contribution in [0, 0.1) is 0 Å². The number of rotatable bonds is 5. The van der Waals surface area contributed by atoms with Crippen molar-refractivity contribution in [3.05, 3.63) is 82.3 Å². The van der Waals surface area contributed by atoms with Crippen molar-refractivity contribution in [2.24, 2.45) is 0 Å². The number of nitrogens with one attached hydrogen (secondary N) is 1. The molecule has 3 aromatic rings. The molecule has 0 saturated heterocycles. The van der Waals surface area contributed by atoms with Crippen molar-refractivity contribution in [3.8, 4) is 11.5 Å². The van der Waals surface area contributed by atoms with E-state index in [2.05, 4.69) is 20.7 Å². The molecule has 0 saturated carbocycles. The lowest BCUT2D eigenvalue weighted by atomic mass is 10.3. The Balaban J connectivity index is 1.93. The molecule has 25 heavy (non-hydrogen) atoms. The minimum atomic E-state index is -3.77. The van der Waals surface area contributed by atoms with E-state index in [1.165, 1.54) is 18.2 Å². The van der Waals surface area contributed by atoms with Gasteiger partial charge in [0.1, 0.15) is 5.75 Å². The summed E-state index contributed by atoms with van der Waals surface area (Å²) in [5.74, 6) is 0.949. The first-order valence-electron chi connectivity index (χ1n) is 7.25. The third-order valence-corrected chi connectivity index (χ3v) is 5.43. The van der Waals surface area contributed by atoms with Gasteiger partial charge in [0.2, 0.25) is 0 Å². The summed E-state index contributed by atoms with van der Waals surface area (Å²) in [5.41, 5.74) is 0.263. The smallest absolute Gasteiger partial charge is 0.262 e. The normalized spacial score (nSPS) is 11.1. The van der Waals surface area contributed by atoms with Crippen molar-refractivity contribution in [2.45, 2.75) is 4.90 Å². The summed E-state index contributed by atoms with van der Waals surface area (Å²) in [6.45, 7) is 0. The maximum Gasteiger partial charge on any atom is 0.262 e. The maximum atomic E-state index is 12.6. The minimum Gasteiger partial charge on any atom is -0.455 e. The summed E-state index contributed by atoms with van der Waals surface area (Å²) in [4.78, 5) is 0.140. The van der Waals surface area contributed by atoms with E-state index in [0.717, 1.165) is 4.47 Å². The Morgan fingerprint density at radius 3 is 2.28 bits per heavy atom. The Morgan fingerprint density at radius 1 is 0.920 bits per heavy atom. The number of halogens is 2.